The number of nitrogens with one attached hydrogen (secondary N) is 1. The summed E-state index contributed by atoms with van der Waals surface area (Å²) in [7, 11) is 0. The van der Waals surface area contributed by atoms with Crippen molar-refractivity contribution in [3.63, 3.8) is 0 Å². The average Bonchev–Trinajstić information content (AvgIpc) is 3.21. The third kappa shape index (κ3) is 3.54. The normalized spacial score (nSPS) is 11.3. The molecule has 31 heavy (non-hydrogen) atoms. The van der Waals surface area contributed by atoms with Gasteiger partial charge in [0.1, 0.15) is 5.75 Å². The summed E-state index contributed by atoms with van der Waals surface area (Å²) in [5.74, 6) is 0.845. The zero-order chi connectivity index (χ0) is 21.5. The molecule has 0 radical (unpaired) electrons. The van der Waals surface area contributed by atoms with Gasteiger partial charge in [-0.05, 0) is 55.5 Å². The number of aryl methyl sites for hydroxylation is 1. The number of hydrogen-bond donors (Lipinski definition) is 2. The zero-order valence-electron chi connectivity index (χ0n) is 16.5. The van der Waals surface area contributed by atoms with Crippen LogP contribution in [0.2, 0.25) is 10.0 Å². The highest BCUT2D eigenvalue weighted by atomic mass is 35.5. The van der Waals surface area contributed by atoms with Crippen molar-refractivity contribution < 1.29 is 5.11 Å². The van der Waals surface area contributed by atoms with E-state index in [0.717, 1.165) is 28.0 Å². The molecule has 0 amide bonds. The minimum Gasteiger partial charge on any atom is -0.508 e. The SMILES string of the molecule is Cc1nc2ccc(NCc3cc(Cl)ccc3O)cc2n2c(-c3ccccc3Cl)nnc12. The van der Waals surface area contributed by atoms with Gasteiger partial charge in [-0.2, -0.15) is 0 Å². The lowest BCUT2D eigenvalue weighted by molar-refractivity contribution is 0.469. The number of phenols is 1. The van der Waals surface area contributed by atoms with Gasteiger partial charge in [-0.1, -0.05) is 35.3 Å². The number of aromatic hydroxyl groups is 1. The number of anilines is 1. The molecular formula is C23H17Cl2N5O. The van der Waals surface area contributed by atoms with Crippen molar-refractivity contribution in [2.45, 2.75) is 13.5 Å². The Balaban J connectivity index is 1.63. The van der Waals surface area contributed by atoms with Crippen molar-refractivity contribution in [3.8, 4) is 17.1 Å². The first kappa shape index (κ1) is 19.6. The summed E-state index contributed by atoms with van der Waals surface area (Å²) in [5.41, 5.74) is 5.48. The minimum absolute atomic E-state index is 0.192. The van der Waals surface area contributed by atoms with Crippen molar-refractivity contribution >= 4 is 45.6 Å². The number of phenolic OH excluding ortho intramolecular Hbond substituents is 1. The van der Waals surface area contributed by atoms with Crippen LogP contribution in [-0.2, 0) is 6.54 Å². The second kappa shape index (κ2) is 7.72. The molecule has 0 saturated carbocycles. The van der Waals surface area contributed by atoms with Crippen molar-refractivity contribution in [1.82, 2.24) is 19.6 Å². The zero-order valence-corrected chi connectivity index (χ0v) is 18.0. The van der Waals surface area contributed by atoms with Gasteiger partial charge in [0.15, 0.2) is 11.5 Å². The third-order valence-corrected chi connectivity index (χ3v) is 5.70. The summed E-state index contributed by atoms with van der Waals surface area (Å²) in [4.78, 5) is 4.68. The van der Waals surface area contributed by atoms with E-state index >= 15 is 0 Å². The van der Waals surface area contributed by atoms with E-state index in [1.165, 1.54) is 0 Å². The van der Waals surface area contributed by atoms with E-state index in [2.05, 4.69) is 20.5 Å². The first-order valence-corrected chi connectivity index (χ1v) is 10.4. The molecule has 0 aliphatic carbocycles. The van der Waals surface area contributed by atoms with Crippen LogP contribution in [0.3, 0.4) is 0 Å². The molecule has 5 rings (SSSR count). The van der Waals surface area contributed by atoms with E-state index in [4.69, 9.17) is 23.2 Å². The summed E-state index contributed by atoms with van der Waals surface area (Å²) in [5, 5.41) is 23.3. The maximum absolute atomic E-state index is 10.1. The molecule has 0 unspecified atom stereocenters. The highest BCUT2D eigenvalue weighted by molar-refractivity contribution is 6.33. The summed E-state index contributed by atoms with van der Waals surface area (Å²) in [6, 6.07) is 18.4. The molecule has 2 N–H and O–H groups in total. The summed E-state index contributed by atoms with van der Waals surface area (Å²) in [6.07, 6.45) is 0. The van der Waals surface area contributed by atoms with E-state index in [1.807, 2.05) is 53.8 Å². The first-order valence-electron chi connectivity index (χ1n) is 9.63. The second-order valence-corrected chi connectivity index (χ2v) is 8.03. The minimum atomic E-state index is 0.192. The van der Waals surface area contributed by atoms with E-state index in [1.54, 1.807) is 18.2 Å². The Hall–Kier alpha value is -3.35. The molecule has 5 aromatic rings. The molecule has 0 spiro atoms. The monoisotopic (exact) mass is 449 g/mol. The largest absolute Gasteiger partial charge is 0.508 e. The van der Waals surface area contributed by atoms with E-state index in [0.29, 0.717) is 33.6 Å². The van der Waals surface area contributed by atoms with Crippen LogP contribution in [0.4, 0.5) is 5.69 Å². The van der Waals surface area contributed by atoms with Gasteiger partial charge >= 0.3 is 0 Å². The Morgan fingerprint density at radius 2 is 1.84 bits per heavy atom. The van der Waals surface area contributed by atoms with Gasteiger partial charge in [0.25, 0.3) is 0 Å². The maximum atomic E-state index is 10.1. The summed E-state index contributed by atoms with van der Waals surface area (Å²) in [6.45, 7) is 2.33. The number of aromatic nitrogens is 4. The third-order valence-electron chi connectivity index (χ3n) is 5.13. The predicted molar refractivity (Wildman–Crippen MR) is 124 cm³/mol. The maximum Gasteiger partial charge on any atom is 0.183 e. The van der Waals surface area contributed by atoms with Crippen molar-refractivity contribution in [2.24, 2.45) is 0 Å². The molecular weight excluding hydrogens is 433 g/mol. The van der Waals surface area contributed by atoms with Gasteiger partial charge in [0.05, 0.1) is 21.7 Å². The van der Waals surface area contributed by atoms with Gasteiger partial charge in [0, 0.05) is 28.4 Å². The quantitative estimate of drug-likeness (QED) is 0.358. The lowest BCUT2D eigenvalue weighted by Gasteiger charge is -2.12. The Morgan fingerprint density at radius 1 is 1.00 bits per heavy atom. The average molecular weight is 450 g/mol. The molecule has 0 aliphatic rings. The Bertz CT molecular complexity index is 1450. The van der Waals surface area contributed by atoms with Crippen molar-refractivity contribution in [2.75, 3.05) is 5.32 Å². The molecule has 6 nitrogen and oxygen atoms in total. The van der Waals surface area contributed by atoms with Crippen LogP contribution in [0, 0.1) is 6.92 Å². The van der Waals surface area contributed by atoms with Crippen molar-refractivity contribution in [1.29, 1.82) is 0 Å². The molecule has 0 aliphatic heterocycles. The van der Waals surface area contributed by atoms with Crippen LogP contribution >= 0.6 is 23.2 Å². The van der Waals surface area contributed by atoms with Crippen LogP contribution in [0.15, 0.2) is 60.7 Å². The Labute approximate surface area is 188 Å². The lowest BCUT2D eigenvalue weighted by atomic mass is 10.2. The lowest BCUT2D eigenvalue weighted by Crippen LogP contribution is -2.02. The van der Waals surface area contributed by atoms with Gasteiger partial charge in [0.2, 0.25) is 0 Å². The van der Waals surface area contributed by atoms with Crippen LogP contribution in [-0.4, -0.2) is 24.7 Å². The van der Waals surface area contributed by atoms with E-state index in [9.17, 15) is 5.11 Å². The topological polar surface area (TPSA) is 75.3 Å². The molecule has 0 bridgehead atoms. The van der Waals surface area contributed by atoms with Gasteiger partial charge in [-0.15, -0.1) is 10.2 Å². The summed E-state index contributed by atoms with van der Waals surface area (Å²) >= 11 is 12.5. The van der Waals surface area contributed by atoms with Crippen LogP contribution in [0.5, 0.6) is 5.75 Å². The van der Waals surface area contributed by atoms with Gasteiger partial charge in [-0.25, -0.2) is 4.98 Å². The van der Waals surface area contributed by atoms with Crippen LogP contribution < -0.4 is 5.32 Å². The highest BCUT2D eigenvalue weighted by Crippen LogP contribution is 2.30. The molecule has 2 heterocycles. The molecule has 0 fully saturated rings. The highest BCUT2D eigenvalue weighted by Gasteiger charge is 2.16. The number of fused-ring (bicyclic) bond motifs is 3. The molecule has 0 saturated heterocycles. The molecule has 2 aromatic heterocycles. The fourth-order valence-corrected chi connectivity index (χ4v) is 4.01. The van der Waals surface area contributed by atoms with Crippen LogP contribution in [0.1, 0.15) is 11.3 Å². The summed E-state index contributed by atoms with van der Waals surface area (Å²) < 4.78 is 1.97. The Morgan fingerprint density at radius 3 is 2.68 bits per heavy atom. The number of benzene rings is 3. The van der Waals surface area contributed by atoms with E-state index < -0.39 is 0 Å². The number of halogens is 2. The van der Waals surface area contributed by atoms with Crippen LogP contribution in [0.25, 0.3) is 28.1 Å². The molecule has 8 heteroatoms. The fraction of sp³-hybridized carbons (Fsp3) is 0.0870. The predicted octanol–water partition coefficient (Wildman–Crippen LogP) is 5.88. The van der Waals surface area contributed by atoms with Gasteiger partial charge < -0.3 is 10.4 Å². The number of rotatable bonds is 4. The number of nitrogens with zero attached hydrogens (tertiary/aromatic N) is 4. The first-order chi connectivity index (χ1) is 15.0. The van der Waals surface area contributed by atoms with Crippen molar-refractivity contribution in [3.05, 3.63) is 82.0 Å². The molecule has 3 aromatic carbocycles. The van der Waals surface area contributed by atoms with E-state index in [-0.39, 0.29) is 5.75 Å². The molecule has 0 atom stereocenters. The standard InChI is InChI=1S/C23H17Cl2N5O/c1-13-22-28-29-23(17-4-2-3-5-18(17)25)30(22)20-11-16(7-8-19(20)27-13)26-12-14-10-15(24)6-9-21(14)31/h2-11,26,31H,12H2,1H3. The molecule has 154 valence electrons. The smallest absolute Gasteiger partial charge is 0.183 e. The number of hydrogen-bond acceptors (Lipinski definition) is 5. The second-order valence-electron chi connectivity index (χ2n) is 7.19. The fourth-order valence-electron chi connectivity index (χ4n) is 3.59. The Kier molecular flexibility index (Phi) is 4.88. The van der Waals surface area contributed by atoms with Gasteiger partial charge in [-0.3, -0.25) is 4.40 Å².